The Balaban J connectivity index is 1.62. The molecule has 31 heavy (non-hydrogen) atoms. The number of halogens is 1. The van der Waals surface area contributed by atoms with E-state index in [2.05, 4.69) is 15.7 Å². The fourth-order valence-corrected chi connectivity index (χ4v) is 4.05. The van der Waals surface area contributed by atoms with E-state index < -0.39 is 23.2 Å². The fourth-order valence-electron chi connectivity index (χ4n) is 4.05. The topological polar surface area (TPSA) is 85.2 Å². The van der Waals surface area contributed by atoms with Gasteiger partial charge in [0, 0.05) is 31.2 Å². The van der Waals surface area contributed by atoms with Crippen LogP contribution in [0.25, 0.3) is 10.9 Å². The van der Waals surface area contributed by atoms with Crippen molar-refractivity contribution >= 4 is 22.7 Å². The summed E-state index contributed by atoms with van der Waals surface area (Å²) in [6.45, 7) is 7.62. The molecule has 2 fully saturated rings. The molecule has 8 heteroatoms. The van der Waals surface area contributed by atoms with Crippen molar-refractivity contribution in [3.63, 3.8) is 0 Å². The van der Waals surface area contributed by atoms with E-state index in [1.807, 2.05) is 20.8 Å². The quantitative estimate of drug-likeness (QED) is 0.738. The summed E-state index contributed by atoms with van der Waals surface area (Å²) in [5, 5.41) is 10.8. The second-order valence-electron chi connectivity index (χ2n) is 9.78. The number of carbonyl (C=O) groups excluding carboxylic acids is 2. The van der Waals surface area contributed by atoms with Crippen LogP contribution in [0, 0.1) is 17.2 Å². The molecule has 0 unspecified atom stereocenters. The first-order valence-corrected chi connectivity index (χ1v) is 11.1. The molecule has 0 spiro atoms. The number of fused-ring (bicyclic) bond motifs is 1. The zero-order chi connectivity index (χ0) is 22.2. The summed E-state index contributed by atoms with van der Waals surface area (Å²) in [5.41, 5.74) is -0.00992. The van der Waals surface area contributed by atoms with E-state index in [9.17, 15) is 14.0 Å². The Labute approximate surface area is 181 Å². The highest BCUT2D eigenvalue weighted by Gasteiger charge is 2.36. The standard InChI is InChI=1S/C23H31FN4O3/c1-23(2,3)20(22(30)25-15-7-8-15)26-21(29)18-16-5-4-6-17(24)19(16)28(27-18)13-14-9-11-31-12-10-14/h4-6,14-15,20H,7-13H2,1-3H3,(H,25,30)(H,26,29)/t20-/m1/s1. The molecule has 7 nitrogen and oxygen atoms in total. The Morgan fingerprint density at radius 1 is 1.23 bits per heavy atom. The van der Waals surface area contributed by atoms with Crippen molar-refractivity contribution in [3.8, 4) is 0 Å². The van der Waals surface area contributed by atoms with Crippen molar-refractivity contribution in [1.82, 2.24) is 20.4 Å². The van der Waals surface area contributed by atoms with Crippen molar-refractivity contribution < 1.29 is 18.7 Å². The summed E-state index contributed by atoms with van der Waals surface area (Å²) in [7, 11) is 0. The molecule has 4 rings (SSSR count). The largest absolute Gasteiger partial charge is 0.381 e. The van der Waals surface area contributed by atoms with Crippen LogP contribution in [0.1, 0.15) is 56.9 Å². The van der Waals surface area contributed by atoms with Crippen LogP contribution in [0.5, 0.6) is 0 Å². The maximum absolute atomic E-state index is 14.7. The van der Waals surface area contributed by atoms with Crippen LogP contribution in [-0.2, 0) is 16.1 Å². The third kappa shape index (κ3) is 4.89. The summed E-state index contributed by atoms with van der Waals surface area (Å²) in [5.74, 6) is -0.748. The number of ether oxygens (including phenoxy) is 1. The highest BCUT2D eigenvalue weighted by atomic mass is 19.1. The fraction of sp³-hybridized carbons (Fsp3) is 0.609. The zero-order valence-corrected chi connectivity index (χ0v) is 18.4. The maximum atomic E-state index is 14.7. The van der Waals surface area contributed by atoms with Crippen LogP contribution < -0.4 is 10.6 Å². The average molecular weight is 431 g/mol. The summed E-state index contributed by atoms with van der Waals surface area (Å²) in [6, 6.07) is 4.15. The molecule has 168 valence electrons. The Morgan fingerprint density at radius 2 is 1.94 bits per heavy atom. The number of hydrogen-bond donors (Lipinski definition) is 2. The second kappa shape index (κ2) is 8.57. The molecule has 2 aromatic rings. The molecule has 0 bridgehead atoms. The van der Waals surface area contributed by atoms with Crippen molar-refractivity contribution in [1.29, 1.82) is 0 Å². The van der Waals surface area contributed by atoms with Crippen molar-refractivity contribution in [2.75, 3.05) is 13.2 Å². The maximum Gasteiger partial charge on any atom is 0.273 e. The van der Waals surface area contributed by atoms with Crippen molar-refractivity contribution in [2.45, 2.75) is 65.1 Å². The first kappa shape index (κ1) is 21.7. The average Bonchev–Trinajstić information content (AvgIpc) is 3.45. The van der Waals surface area contributed by atoms with Gasteiger partial charge in [-0.05, 0) is 43.1 Å². The van der Waals surface area contributed by atoms with Crippen LogP contribution in [0.2, 0.25) is 0 Å². The first-order valence-electron chi connectivity index (χ1n) is 11.1. The van der Waals surface area contributed by atoms with Gasteiger partial charge in [0.1, 0.15) is 17.4 Å². The minimum atomic E-state index is -0.718. The monoisotopic (exact) mass is 430 g/mol. The molecular formula is C23H31FN4O3. The van der Waals surface area contributed by atoms with Crippen molar-refractivity contribution in [2.24, 2.45) is 11.3 Å². The van der Waals surface area contributed by atoms with Gasteiger partial charge in [-0.15, -0.1) is 0 Å². The first-order chi connectivity index (χ1) is 14.7. The van der Waals surface area contributed by atoms with Gasteiger partial charge in [-0.25, -0.2) is 4.39 Å². The summed E-state index contributed by atoms with van der Waals surface area (Å²) < 4.78 is 21.7. The van der Waals surface area contributed by atoms with Crippen LogP contribution >= 0.6 is 0 Å². The number of amides is 2. The molecule has 1 saturated carbocycles. The lowest BCUT2D eigenvalue weighted by Crippen LogP contribution is -2.54. The predicted octanol–water partition coefficient (Wildman–Crippen LogP) is 3.03. The van der Waals surface area contributed by atoms with Gasteiger partial charge in [-0.1, -0.05) is 32.9 Å². The van der Waals surface area contributed by atoms with Crippen LogP contribution in [0.15, 0.2) is 18.2 Å². The van der Waals surface area contributed by atoms with E-state index in [-0.39, 0.29) is 17.6 Å². The number of carbonyl (C=O) groups is 2. The van der Waals surface area contributed by atoms with Gasteiger partial charge in [0.15, 0.2) is 5.69 Å². The third-order valence-corrected chi connectivity index (χ3v) is 6.04. The van der Waals surface area contributed by atoms with E-state index in [1.165, 1.54) is 6.07 Å². The van der Waals surface area contributed by atoms with Gasteiger partial charge in [-0.3, -0.25) is 14.3 Å². The van der Waals surface area contributed by atoms with Gasteiger partial charge in [-0.2, -0.15) is 5.10 Å². The number of aromatic nitrogens is 2. The summed E-state index contributed by atoms with van der Waals surface area (Å²) in [6.07, 6.45) is 3.70. The molecule has 1 saturated heterocycles. The predicted molar refractivity (Wildman–Crippen MR) is 115 cm³/mol. The Kier molecular flexibility index (Phi) is 6.01. The molecule has 1 aromatic carbocycles. The lowest BCUT2D eigenvalue weighted by molar-refractivity contribution is -0.125. The van der Waals surface area contributed by atoms with E-state index in [0.29, 0.717) is 36.6 Å². The SMILES string of the molecule is CC(C)(C)[C@H](NC(=O)c1nn(CC2CCOCC2)c2c(F)cccc12)C(=O)NC1CC1. The van der Waals surface area contributed by atoms with Crippen LogP contribution in [0.4, 0.5) is 4.39 Å². The Morgan fingerprint density at radius 3 is 2.58 bits per heavy atom. The minimum Gasteiger partial charge on any atom is -0.381 e. The zero-order valence-electron chi connectivity index (χ0n) is 18.4. The molecule has 2 N–H and O–H groups in total. The van der Waals surface area contributed by atoms with Crippen molar-refractivity contribution in [3.05, 3.63) is 29.7 Å². The molecule has 1 aliphatic carbocycles. The number of hydrogen-bond acceptors (Lipinski definition) is 4. The smallest absolute Gasteiger partial charge is 0.273 e. The lowest BCUT2D eigenvalue weighted by atomic mass is 9.86. The molecule has 2 aliphatic rings. The lowest BCUT2D eigenvalue weighted by Gasteiger charge is -2.30. The number of para-hydroxylation sites is 1. The molecule has 2 amide bonds. The van der Waals surface area contributed by atoms with Gasteiger partial charge in [0.2, 0.25) is 5.91 Å². The number of nitrogens with zero attached hydrogens (tertiary/aromatic N) is 2. The van der Waals surface area contributed by atoms with Crippen LogP contribution in [-0.4, -0.2) is 46.9 Å². The second-order valence-corrected chi connectivity index (χ2v) is 9.78. The molecule has 1 atom stereocenters. The highest BCUT2D eigenvalue weighted by Crippen LogP contribution is 2.27. The number of benzene rings is 1. The Bertz CT molecular complexity index is 971. The normalized spacial score (nSPS) is 18.7. The molecule has 1 aromatic heterocycles. The number of rotatable bonds is 6. The third-order valence-electron chi connectivity index (χ3n) is 6.04. The minimum absolute atomic E-state index is 0.148. The Hall–Kier alpha value is -2.48. The van der Waals surface area contributed by atoms with E-state index in [1.54, 1.807) is 16.8 Å². The molecule has 1 aliphatic heterocycles. The van der Waals surface area contributed by atoms with Crippen LogP contribution in [0.3, 0.4) is 0 Å². The van der Waals surface area contributed by atoms with Gasteiger partial charge < -0.3 is 15.4 Å². The summed E-state index contributed by atoms with van der Waals surface area (Å²) in [4.78, 5) is 26.0. The van der Waals surface area contributed by atoms with E-state index in [0.717, 1.165) is 25.7 Å². The molecule has 2 heterocycles. The van der Waals surface area contributed by atoms with Gasteiger partial charge in [0.25, 0.3) is 5.91 Å². The van der Waals surface area contributed by atoms with E-state index in [4.69, 9.17) is 4.74 Å². The highest BCUT2D eigenvalue weighted by molar-refractivity contribution is 6.06. The molecular weight excluding hydrogens is 399 g/mol. The summed E-state index contributed by atoms with van der Waals surface area (Å²) >= 11 is 0. The number of nitrogens with one attached hydrogen (secondary N) is 2. The van der Waals surface area contributed by atoms with E-state index >= 15 is 0 Å². The van der Waals surface area contributed by atoms with Gasteiger partial charge in [0.05, 0.1) is 0 Å². The van der Waals surface area contributed by atoms with Gasteiger partial charge >= 0.3 is 0 Å². The molecule has 0 radical (unpaired) electrons.